The number of nitrogens with zero attached hydrogens (tertiary/aromatic N) is 1. The number of likely N-dealkylation sites (tertiary alicyclic amines) is 1. The first-order valence-corrected chi connectivity index (χ1v) is 15.4. The van der Waals surface area contributed by atoms with Gasteiger partial charge in [0, 0.05) is 18.7 Å². The second-order valence-electron chi connectivity index (χ2n) is 12.3. The van der Waals surface area contributed by atoms with E-state index in [0.29, 0.717) is 30.9 Å². The Morgan fingerprint density at radius 1 is 0.925 bits per heavy atom. The number of phenolic OH excluding ortho intramolecular Hbond substituents is 1. The molecule has 4 heteroatoms. The molecule has 0 spiro atoms. The van der Waals surface area contributed by atoms with Gasteiger partial charge in [0.05, 0.1) is 5.92 Å². The second kappa shape index (κ2) is 15.2. The average Bonchev–Trinajstić information content (AvgIpc) is 3.45. The minimum atomic E-state index is -0.135. The summed E-state index contributed by atoms with van der Waals surface area (Å²) in [5.41, 5.74) is 3.57. The van der Waals surface area contributed by atoms with Crippen LogP contribution >= 0.6 is 0 Å². The number of hydrogen-bond donors (Lipinski definition) is 1. The third-order valence-electron chi connectivity index (χ3n) is 8.38. The number of rotatable bonds is 5. The summed E-state index contributed by atoms with van der Waals surface area (Å²) in [6.45, 7) is 15.6. The molecule has 1 atom stereocenters. The Labute approximate surface area is 242 Å². The molecule has 1 unspecified atom stereocenters. The fourth-order valence-corrected chi connectivity index (χ4v) is 5.97. The van der Waals surface area contributed by atoms with E-state index in [1.54, 1.807) is 0 Å². The highest BCUT2D eigenvalue weighted by molar-refractivity contribution is 5.90. The predicted molar refractivity (Wildman–Crippen MR) is 167 cm³/mol. The highest BCUT2D eigenvalue weighted by Crippen LogP contribution is 2.37. The summed E-state index contributed by atoms with van der Waals surface area (Å²) in [6, 6.07) is 19.7. The van der Waals surface area contributed by atoms with E-state index in [2.05, 4.69) is 37.8 Å². The van der Waals surface area contributed by atoms with Crippen molar-refractivity contribution in [1.29, 1.82) is 0 Å². The summed E-state index contributed by atoms with van der Waals surface area (Å²) < 4.78 is 5.51. The van der Waals surface area contributed by atoms with Gasteiger partial charge in [-0.2, -0.15) is 0 Å². The predicted octanol–water partition coefficient (Wildman–Crippen LogP) is 9.06. The molecular weight excluding hydrogens is 494 g/mol. The molecular formula is C36H51NO3. The number of benzene rings is 3. The van der Waals surface area contributed by atoms with Gasteiger partial charge in [0.25, 0.3) is 0 Å². The number of carbonyl (C=O) groups excluding carboxylic acids is 1. The number of phenols is 1. The van der Waals surface area contributed by atoms with Gasteiger partial charge in [-0.05, 0) is 72.0 Å². The maximum atomic E-state index is 12.4. The molecule has 3 aromatic rings. The number of aromatic hydroxyl groups is 1. The molecule has 5 rings (SSSR count). The normalized spacial score (nSPS) is 17.9. The van der Waals surface area contributed by atoms with Crippen molar-refractivity contribution in [3.05, 3.63) is 77.4 Å². The Balaban J connectivity index is 0.000000309. The van der Waals surface area contributed by atoms with Gasteiger partial charge in [-0.25, -0.2) is 0 Å². The van der Waals surface area contributed by atoms with Crippen LogP contribution < -0.4 is 0 Å². The van der Waals surface area contributed by atoms with Gasteiger partial charge in [0.1, 0.15) is 12.4 Å². The quantitative estimate of drug-likeness (QED) is 0.325. The summed E-state index contributed by atoms with van der Waals surface area (Å²) in [5, 5.41) is 12.8. The standard InChI is InChI=1S/C24H25NO3.C10H20.C2H6/c1-17-13-23(26)22(21-10-6-5-9-20(17)21)15-25-12-11-19(14-25)24(27)28-16-18-7-3-2-4-8-18;1-10(2,3)9-7-5-4-6-8-9;1-2/h2-10,13,19,26H,11-12,14-16H2,1H3;9H,4-8H2,1-3H3;1-2H3. The Hall–Kier alpha value is -2.85. The highest BCUT2D eigenvalue weighted by atomic mass is 16.5. The van der Waals surface area contributed by atoms with Crippen LogP contribution in [0.3, 0.4) is 0 Å². The maximum absolute atomic E-state index is 12.4. The first-order valence-electron chi connectivity index (χ1n) is 15.4. The molecule has 3 aromatic carbocycles. The molecule has 0 bridgehead atoms. The van der Waals surface area contributed by atoms with E-state index in [0.717, 1.165) is 46.3 Å². The van der Waals surface area contributed by atoms with Gasteiger partial charge < -0.3 is 9.84 Å². The molecule has 0 aromatic heterocycles. The minimum Gasteiger partial charge on any atom is -0.508 e. The largest absolute Gasteiger partial charge is 0.508 e. The molecule has 1 aliphatic heterocycles. The number of esters is 1. The Kier molecular flexibility index (Phi) is 12.1. The Morgan fingerprint density at radius 2 is 1.55 bits per heavy atom. The number of hydrogen-bond acceptors (Lipinski definition) is 4. The molecule has 218 valence electrons. The van der Waals surface area contributed by atoms with Crippen LogP contribution in [-0.4, -0.2) is 29.1 Å². The number of ether oxygens (including phenoxy) is 1. The molecule has 2 fully saturated rings. The van der Waals surface area contributed by atoms with E-state index in [-0.39, 0.29) is 11.9 Å². The van der Waals surface area contributed by atoms with Crippen molar-refractivity contribution in [3.63, 3.8) is 0 Å². The van der Waals surface area contributed by atoms with Crippen molar-refractivity contribution in [2.75, 3.05) is 13.1 Å². The Bertz CT molecular complexity index is 1190. The topological polar surface area (TPSA) is 49.8 Å². The number of aryl methyl sites for hydroxylation is 1. The van der Waals surface area contributed by atoms with Crippen molar-refractivity contribution in [1.82, 2.24) is 4.90 Å². The zero-order valence-corrected chi connectivity index (χ0v) is 25.7. The summed E-state index contributed by atoms with van der Waals surface area (Å²) in [7, 11) is 0. The molecule has 1 saturated carbocycles. The summed E-state index contributed by atoms with van der Waals surface area (Å²) in [4.78, 5) is 14.7. The second-order valence-corrected chi connectivity index (χ2v) is 12.3. The van der Waals surface area contributed by atoms with E-state index in [9.17, 15) is 9.90 Å². The van der Waals surface area contributed by atoms with Crippen LogP contribution in [-0.2, 0) is 22.7 Å². The van der Waals surface area contributed by atoms with Gasteiger partial charge in [-0.15, -0.1) is 0 Å². The first-order chi connectivity index (χ1) is 19.2. The lowest BCUT2D eigenvalue weighted by Crippen LogP contribution is -2.24. The molecule has 40 heavy (non-hydrogen) atoms. The molecule has 1 aliphatic carbocycles. The summed E-state index contributed by atoms with van der Waals surface area (Å²) >= 11 is 0. The van der Waals surface area contributed by atoms with Gasteiger partial charge in [-0.3, -0.25) is 9.69 Å². The maximum Gasteiger partial charge on any atom is 0.310 e. The number of carbonyl (C=O) groups is 1. The van der Waals surface area contributed by atoms with Crippen LogP contribution in [0, 0.1) is 24.2 Å². The van der Waals surface area contributed by atoms with Crippen LogP contribution in [0.4, 0.5) is 0 Å². The van der Waals surface area contributed by atoms with Gasteiger partial charge in [0.2, 0.25) is 0 Å². The fraction of sp³-hybridized carbons (Fsp3) is 0.528. The molecule has 1 heterocycles. The molecule has 0 radical (unpaired) electrons. The van der Waals surface area contributed by atoms with Crippen LogP contribution in [0.2, 0.25) is 0 Å². The minimum absolute atomic E-state index is 0.109. The summed E-state index contributed by atoms with van der Waals surface area (Å²) in [6.07, 6.45) is 8.17. The van der Waals surface area contributed by atoms with Crippen molar-refractivity contribution >= 4 is 16.7 Å². The number of fused-ring (bicyclic) bond motifs is 1. The van der Waals surface area contributed by atoms with Crippen LogP contribution in [0.15, 0.2) is 60.7 Å². The lowest BCUT2D eigenvalue weighted by atomic mass is 9.72. The third kappa shape index (κ3) is 8.83. The smallest absolute Gasteiger partial charge is 0.310 e. The van der Waals surface area contributed by atoms with Gasteiger partial charge in [0.15, 0.2) is 0 Å². The molecule has 4 nitrogen and oxygen atoms in total. The fourth-order valence-electron chi connectivity index (χ4n) is 5.97. The van der Waals surface area contributed by atoms with E-state index in [4.69, 9.17) is 4.74 Å². The van der Waals surface area contributed by atoms with E-state index < -0.39 is 0 Å². The van der Waals surface area contributed by atoms with Crippen molar-refractivity contribution < 1.29 is 14.6 Å². The molecule has 2 aliphatic rings. The lowest BCUT2D eigenvalue weighted by molar-refractivity contribution is -0.149. The van der Waals surface area contributed by atoms with Crippen LogP contribution in [0.1, 0.15) is 89.8 Å². The Morgan fingerprint density at radius 3 is 2.17 bits per heavy atom. The first kappa shape index (κ1) is 31.7. The zero-order valence-electron chi connectivity index (χ0n) is 25.7. The van der Waals surface area contributed by atoms with Crippen molar-refractivity contribution in [3.8, 4) is 5.75 Å². The van der Waals surface area contributed by atoms with Gasteiger partial charge >= 0.3 is 5.97 Å². The van der Waals surface area contributed by atoms with Crippen molar-refractivity contribution in [2.45, 2.75) is 93.2 Å². The van der Waals surface area contributed by atoms with Crippen LogP contribution in [0.5, 0.6) is 5.75 Å². The van der Waals surface area contributed by atoms with Crippen molar-refractivity contribution in [2.24, 2.45) is 17.3 Å². The highest BCUT2D eigenvalue weighted by Gasteiger charge is 2.30. The molecule has 0 amide bonds. The zero-order chi connectivity index (χ0) is 29.1. The molecule has 1 N–H and O–H groups in total. The summed E-state index contributed by atoms with van der Waals surface area (Å²) in [5.74, 6) is 1.08. The van der Waals surface area contributed by atoms with Gasteiger partial charge in [-0.1, -0.05) is 108 Å². The monoisotopic (exact) mass is 545 g/mol. The van der Waals surface area contributed by atoms with Crippen LogP contribution in [0.25, 0.3) is 10.8 Å². The average molecular weight is 546 g/mol. The van der Waals surface area contributed by atoms with E-state index in [1.807, 2.05) is 69.3 Å². The van der Waals surface area contributed by atoms with E-state index >= 15 is 0 Å². The molecule has 1 saturated heterocycles. The SMILES string of the molecule is CC.CC(C)(C)C1CCCCC1.Cc1cc(O)c(CN2CCC(C(=O)OCc3ccccc3)C2)c2ccccc12. The third-order valence-corrected chi connectivity index (χ3v) is 8.38. The van der Waals surface area contributed by atoms with E-state index in [1.165, 1.54) is 32.1 Å². The lowest BCUT2D eigenvalue weighted by Gasteiger charge is -2.33.